The van der Waals surface area contributed by atoms with Gasteiger partial charge in [-0.2, -0.15) is 0 Å². The summed E-state index contributed by atoms with van der Waals surface area (Å²) in [5.41, 5.74) is 9.48. The van der Waals surface area contributed by atoms with E-state index in [9.17, 15) is 0 Å². The van der Waals surface area contributed by atoms with Crippen molar-refractivity contribution in [1.29, 1.82) is 0 Å². The van der Waals surface area contributed by atoms with E-state index in [-0.39, 0.29) is 0 Å². The molecular weight excluding hydrogens is 350 g/mol. The van der Waals surface area contributed by atoms with Gasteiger partial charge < -0.3 is 4.90 Å². The van der Waals surface area contributed by atoms with E-state index in [4.69, 9.17) is 0 Å². The van der Waals surface area contributed by atoms with Crippen LogP contribution in [0.15, 0.2) is 104 Å². The van der Waals surface area contributed by atoms with Crippen LogP contribution in [0.3, 0.4) is 0 Å². The fourth-order valence-corrected chi connectivity index (χ4v) is 3.53. The predicted molar refractivity (Wildman–Crippen MR) is 126 cm³/mol. The molecule has 0 aliphatic carbocycles. The molecule has 1 heteroatoms. The standard InChI is InChI=1S/C28H25N/c1-4-23-13-15-24(16-14-23)27-7-5-6-8-28(27)29(25-17-9-21(2)10-18-25)26-19-11-22(3)12-20-26/h4-20H,1H2,2-3H3. The third-order valence-corrected chi connectivity index (χ3v) is 5.19. The van der Waals surface area contributed by atoms with Crippen molar-refractivity contribution in [3.05, 3.63) is 120 Å². The fraction of sp³-hybridized carbons (Fsp3) is 0.0714. The highest BCUT2D eigenvalue weighted by Gasteiger charge is 2.16. The van der Waals surface area contributed by atoms with Crippen molar-refractivity contribution in [1.82, 2.24) is 0 Å². The first kappa shape index (κ1) is 18.8. The Labute approximate surface area is 173 Å². The molecule has 0 aliphatic rings. The lowest BCUT2D eigenvalue weighted by Crippen LogP contribution is -2.11. The van der Waals surface area contributed by atoms with Gasteiger partial charge in [-0.15, -0.1) is 0 Å². The van der Waals surface area contributed by atoms with Crippen LogP contribution >= 0.6 is 0 Å². The monoisotopic (exact) mass is 375 g/mol. The molecule has 4 aromatic carbocycles. The van der Waals surface area contributed by atoms with Gasteiger partial charge in [0, 0.05) is 16.9 Å². The smallest absolute Gasteiger partial charge is 0.0540 e. The van der Waals surface area contributed by atoms with Crippen LogP contribution in [-0.2, 0) is 0 Å². The number of anilines is 3. The SMILES string of the molecule is C=Cc1ccc(-c2ccccc2N(c2ccc(C)cc2)c2ccc(C)cc2)cc1. The van der Waals surface area contributed by atoms with Crippen molar-refractivity contribution >= 4 is 23.1 Å². The van der Waals surface area contributed by atoms with Crippen molar-refractivity contribution in [2.24, 2.45) is 0 Å². The Kier molecular flexibility index (Phi) is 5.31. The van der Waals surface area contributed by atoms with Crippen molar-refractivity contribution < 1.29 is 0 Å². The Balaban J connectivity index is 1.90. The minimum atomic E-state index is 1.13. The zero-order chi connectivity index (χ0) is 20.2. The maximum Gasteiger partial charge on any atom is 0.0540 e. The number of para-hydroxylation sites is 1. The van der Waals surface area contributed by atoms with E-state index in [2.05, 4.69) is 122 Å². The summed E-state index contributed by atoms with van der Waals surface area (Å²) >= 11 is 0. The summed E-state index contributed by atoms with van der Waals surface area (Å²) in [6, 6.07) is 34.5. The van der Waals surface area contributed by atoms with Crippen LogP contribution in [0.5, 0.6) is 0 Å². The third kappa shape index (κ3) is 4.00. The highest BCUT2D eigenvalue weighted by molar-refractivity contribution is 5.88. The van der Waals surface area contributed by atoms with E-state index >= 15 is 0 Å². The number of benzene rings is 4. The molecule has 0 N–H and O–H groups in total. The van der Waals surface area contributed by atoms with Crippen LogP contribution in [0.2, 0.25) is 0 Å². The minimum Gasteiger partial charge on any atom is -0.310 e. The minimum absolute atomic E-state index is 1.13. The van der Waals surface area contributed by atoms with E-state index in [0.29, 0.717) is 0 Å². The molecule has 0 aromatic heterocycles. The summed E-state index contributed by atoms with van der Waals surface area (Å²) in [7, 11) is 0. The molecule has 0 bridgehead atoms. The molecule has 0 radical (unpaired) electrons. The summed E-state index contributed by atoms with van der Waals surface area (Å²) < 4.78 is 0. The lowest BCUT2D eigenvalue weighted by atomic mass is 10.0. The van der Waals surface area contributed by atoms with Crippen LogP contribution < -0.4 is 4.90 Å². The Morgan fingerprint density at radius 1 is 0.621 bits per heavy atom. The van der Waals surface area contributed by atoms with Crippen molar-refractivity contribution in [2.45, 2.75) is 13.8 Å². The summed E-state index contributed by atoms with van der Waals surface area (Å²) in [5, 5.41) is 0. The highest BCUT2D eigenvalue weighted by atomic mass is 15.1. The van der Waals surface area contributed by atoms with E-state index in [0.717, 1.165) is 22.6 Å². The van der Waals surface area contributed by atoms with Crippen LogP contribution in [-0.4, -0.2) is 0 Å². The molecule has 0 atom stereocenters. The topological polar surface area (TPSA) is 3.24 Å². The number of hydrogen-bond acceptors (Lipinski definition) is 1. The van der Waals surface area contributed by atoms with E-state index in [1.54, 1.807) is 0 Å². The zero-order valence-corrected chi connectivity index (χ0v) is 17.0. The van der Waals surface area contributed by atoms with Gasteiger partial charge >= 0.3 is 0 Å². The number of nitrogens with zero attached hydrogens (tertiary/aromatic N) is 1. The summed E-state index contributed by atoms with van der Waals surface area (Å²) in [6.45, 7) is 8.10. The molecular formula is C28H25N. The normalized spacial score (nSPS) is 10.6. The van der Waals surface area contributed by atoms with E-state index < -0.39 is 0 Å². The second-order valence-corrected chi connectivity index (χ2v) is 7.35. The third-order valence-electron chi connectivity index (χ3n) is 5.19. The van der Waals surface area contributed by atoms with Crippen LogP contribution in [0, 0.1) is 13.8 Å². The molecule has 1 nitrogen and oxygen atoms in total. The molecule has 4 rings (SSSR count). The molecule has 0 fully saturated rings. The molecule has 29 heavy (non-hydrogen) atoms. The molecule has 0 saturated heterocycles. The molecule has 142 valence electrons. The van der Waals surface area contributed by atoms with Crippen molar-refractivity contribution in [3.8, 4) is 11.1 Å². The summed E-state index contributed by atoms with van der Waals surface area (Å²) in [4.78, 5) is 2.33. The van der Waals surface area contributed by atoms with Gasteiger partial charge in [0.1, 0.15) is 0 Å². The van der Waals surface area contributed by atoms with Gasteiger partial charge in [-0.1, -0.05) is 90.5 Å². The number of aryl methyl sites for hydroxylation is 2. The number of rotatable bonds is 5. The first-order chi connectivity index (χ1) is 14.2. The first-order valence-electron chi connectivity index (χ1n) is 9.91. The molecule has 4 aromatic rings. The first-order valence-corrected chi connectivity index (χ1v) is 9.91. The Morgan fingerprint density at radius 2 is 1.14 bits per heavy atom. The molecule has 0 unspecified atom stereocenters. The lowest BCUT2D eigenvalue weighted by Gasteiger charge is -2.28. The second-order valence-electron chi connectivity index (χ2n) is 7.35. The summed E-state index contributed by atoms with van der Waals surface area (Å²) in [5.74, 6) is 0. The van der Waals surface area contributed by atoms with Crippen LogP contribution in [0.1, 0.15) is 16.7 Å². The van der Waals surface area contributed by atoms with Gasteiger partial charge in [0.25, 0.3) is 0 Å². The molecule has 0 aliphatic heterocycles. The molecule has 0 heterocycles. The average Bonchev–Trinajstić information content (AvgIpc) is 2.77. The molecule has 0 amide bonds. The predicted octanol–water partition coefficient (Wildman–Crippen LogP) is 8.08. The lowest BCUT2D eigenvalue weighted by molar-refractivity contribution is 1.27. The van der Waals surface area contributed by atoms with Gasteiger partial charge in [0.2, 0.25) is 0 Å². The van der Waals surface area contributed by atoms with Crippen molar-refractivity contribution in [2.75, 3.05) is 4.90 Å². The maximum absolute atomic E-state index is 3.86. The van der Waals surface area contributed by atoms with Gasteiger partial charge in [-0.25, -0.2) is 0 Å². The largest absolute Gasteiger partial charge is 0.310 e. The van der Waals surface area contributed by atoms with Gasteiger partial charge in [-0.05, 0) is 55.3 Å². The Hall–Kier alpha value is -3.58. The van der Waals surface area contributed by atoms with Gasteiger partial charge in [0.05, 0.1) is 5.69 Å². The Bertz CT molecular complexity index is 1060. The second kappa shape index (κ2) is 8.20. The molecule has 0 spiro atoms. The molecule has 0 saturated carbocycles. The van der Waals surface area contributed by atoms with E-state index in [1.807, 2.05) is 6.08 Å². The quantitative estimate of drug-likeness (QED) is 0.341. The van der Waals surface area contributed by atoms with Crippen LogP contribution in [0.4, 0.5) is 17.1 Å². The van der Waals surface area contributed by atoms with Gasteiger partial charge in [0.15, 0.2) is 0 Å². The zero-order valence-electron chi connectivity index (χ0n) is 17.0. The average molecular weight is 376 g/mol. The highest BCUT2D eigenvalue weighted by Crippen LogP contribution is 2.40. The fourth-order valence-electron chi connectivity index (χ4n) is 3.53. The number of hydrogen-bond donors (Lipinski definition) is 0. The maximum atomic E-state index is 3.86. The Morgan fingerprint density at radius 3 is 1.66 bits per heavy atom. The van der Waals surface area contributed by atoms with Crippen molar-refractivity contribution in [3.63, 3.8) is 0 Å². The van der Waals surface area contributed by atoms with Crippen LogP contribution in [0.25, 0.3) is 17.2 Å². The summed E-state index contributed by atoms with van der Waals surface area (Å²) in [6.07, 6.45) is 1.88. The van der Waals surface area contributed by atoms with Gasteiger partial charge in [-0.3, -0.25) is 0 Å². The van der Waals surface area contributed by atoms with E-state index in [1.165, 1.54) is 22.3 Å².